The summed E-state index contributed by atoms with van der Waals surface area (Å²) in [6.07, 6.45) is 5.51. The van der Waals surface area contributed by atoms with Crippen molar-refractivity contribution < 1.29 is 9.90 Å². The van der Waals surface area contributed by atoms with Crippen LogP contribution in [-0.4, -0.2) is 30.8 Å². The summed E-state index contributed by atoms with van der Waals surface area (Å²) in [4.78, 5) is 11.3. The van der Waals surface area contributed by atoms with Crippen molar-refractivity contribution in [3.63, 3.8) is 0 Å². The largest absolute Gasteiger partial charge is 0.396 e. The van der Waals surface area contributed by atoms with Crippen LogP contribution in [0.4, 0.5) is 4.79 Å². The van der Waals surface area contributed by atoms with Gasteiger partial charge in [0.15, 0.2) is 0 Å². The van der Waals surface area contributed by atoms with Crippen LogP contribution in [0.2, 0.25) is 0 Å². The highest BCUT2D eigenvalue weighted by Gasteiger charge is 2.17. The molecule has 16 heavy (non-hydrogen) atoms. The van der Waals surface area contributed by atoms with Crippen LogP contribution in [0.15, 0.2) is 12.2 Å². The van der Waals surface area contributed by atoms with Gasteiger partial charge in [-0.1, -0.05) is 26.0 Å². The third kappa shape index (κ3) is 8.29. The van der Waals surface area contributed by atoms with Crippen LogP contribution in [0.1, 0.15) is 33.6 Å². The van der Waals surface area contributed by atoms with Crippen molar-refractivity contribution >= 4 is 6.03 Å². The molecule has 0 bridgehead atoms. The van der Waals surface area contributed by atoms with E-state index in [9.17, 15) is 4.79 Å². The summed E-state index contributed by atoms with van der Waals surface area (Å²) in [5, 5.41) is 14.4. The molecule has 0 aliphatic heterocycles. The maximum Gasteiger partial charge on any atom is 0.314 e. The Morgan fingerprint density at radius 2 is 2.06 bits per heavy atom. The van der Waals surface area contributed by atoms with Gasteiger partial charge in [-0.3, -0.25) is 0 Å². The number of aliphatic hydroxyl groups is 1. The molecule has 0 saturated carbocycles. The van der Waals surface area contributed by atoms with Crippen LogP contribution in [0.3, 0.4) is 0 Å². The zero-order valence-electron chi connectivity index (χ0n) is 10.5. The predicted octanol–water partition coefficient (Wildman–Crippen LogP) is 1.66. The second-order valence-corrected chi connectivity index (χ2v) is 4.60. The van der Waals surface area contributed by atoms with E-state index in [2.05, 4.69) is 10.6 Å². The van der Waals surface area contributed by atoms with Crippen molar-refractivity contribution in [3.05, 3.63) is 12.2 Å². The van der Waals surface area contributed by atoms with Crippen molar-refractivity contribution in [1.29, 1.82) is 0 Å². The van der Waals surface area contributed by atoms with Crippen LogP contribution < -0.4 is 10.6 Å². The Balaban J connectivity index is 3.64. The highest BCUT2D eigenvalue weighted by molar-refractivity contribution is 5.73. The van der Waals surface area contributed by atoms with Gasteiger partial charge in [-0.2, -0.15) is 0 Å². The minimum absolute atomic E-state index is 0.0601. The smallest absolute Gasteiger partial charge is 0.314 e. The number of amides is 2. The molecule has 0 aromatic heterocycles. The Morgan fingerprint density at radius 1 is 1.38 bits per heavy atom. The Morgan fingerprint density at radius 3 is 2.62 bits per heavy atom. The van der Waals surface area contributed by atoms with Crippen molar-refractivity contribution in [2.24, 2.45) is 5.41 Å². The van der Waals surface area contributed by atoms with Crippen molar-refractivity contribution in [2.75, 3.05) is 19.7 Å². The van der Waals surface area contributed by atoms with Crippen LogP contribution in [0.25, 0.3) is 0 Å². The minimum Gasteiger partial charge on any atom is -0.396 e. The Hall–Kier alpha value is -1.03. The van der Waals surface area contributed by atoms with Crippen molar-refractivity contribution in [3.8, 4) is 0 Å². The average Bonchev–Trinajstić information content (AvgIpc) is 2.22. The maximum atomic E-state index is 11.3. The number of carbonyl (C=O) groups excluding carboxylic acids is 1. The summed E-state index contributed by atoms with van der Waals surface area (Å²) in [6, 6.07) is -0.143. The normalized spacial score (nSPS) is 11.8. The predicted molar refractivity (Wildman–Crippen MR) is 66.3 cm³/mol. The number of allylic oxidation sites excluding steroid dienone is 1. The average molecular weight is 228 g/mol. The fourth-order valence-electron chi connectivity index (χ4n) is 1.21. The first-order chi connectivity index (χ1) is 7.52. The van der Waals surface area contributed by atoms with E-state index in [1.165, 1.54) is 0 Å². The number of hydrogen-bond donors (Lipinski definition) is 3. The standard InChI is InChI=1S/C12H24N2O2/c1-4-5-6-8-13-11(16)14-10-12(2,3)7-9-15/h4-5,15H,6-10H2,1-3H3,(H2,13,14,16). The Labute approximate surface area is 98.1 Å². The van der Waals surface area contributed by atoms with E-state index in [0.717, 1.165) is 6.42 Å². The first-order valence-electron chi connectivity index (χ1n) is 5.75. The number of nitrogens with one attached hydrogen (secondary N) is 2. The van der Waals surface area contributed by atoms with Gasteiger partial charge in [0, 0.05) is 19.7 Å². The number of carbonyl (C=O) groups is 1. The van der Waals surface area contributed by atoms with Gasteiger partial charge in [-0.05, 0) is 25.2 Å². The number of aliphatic hydroxyl groups excluding tert-OH is 1. The lowest BCUT2D eigenvalue weighted by atomic mass is 9.90. The summed E-state index contributed by atoms with van der Waals surface area (Å²) in [7, 11) is 0. The fourth-order valence-corrected chi connectivity index (χ4v) is 1.21. The zero-order chi connectivity index (χ0) is 12.4. The Kier molecular flexibility index (Phi) is 7.64. The van der Waals surface area contributed by atoms with Crippen LogP contribution in [0, 0.1) is 5.41 Å². The molecule has 0 aliphatic rings. The SMILES string of the molecule is CC=CCCNC(=O)NCC(C)(C)CCO. The van der Waals surface area contributed by atoms with Crippen LogP contribution in [0.5, 0.6) is 0 Å². The van der Waals surface area contributed by atoms with Crippen LogP contribution >= 0.6 is 0 Å². The number of urea groups is 1. The highest BCUT2D eigenvalue weighted by atomic mass is 16.3. The maximum absolute atomic E-state index is 11.3. The molecule has 0 rings (SSSR count). The molecule has 4 nitrogen and oxygen atoms in total. The fraction of sp³-hybridized carbons (Fsp3) is 0.750. The third-order valence-electron chi connectivity index (χ3n) is 2.35. The van der Waals surface area contributed by atoms with Gasteiger partial charge in [0.05, 0.1) is 0 Å². The summed E-state index contributed by atoms with van der Waals surface area (Å²) in [6.45, 7) is 7.36. The molecule has 0 saturated heterocycles. The molecule has 0 spiro atoms. The topological polar surface area (TPSA) is 61.4 Å². The number of hydrogen-bond acceptors (Lipinski definition) is 2. The molecular weight excluding hydrogens is 204 g/mol. The van der Waals surface area contributed by atoms with E-state index in [4.69, 9.17) is 5.11 Å². The van der Waals surface area contributed by atoms with E-state index >= 15 is 0 Å². The second-order valence-electron chi connectivity index (χ2n) is 4.60. The van der Waals surface area contributed by atoms with Crippen molar-refractivity contribution in [1.82, 2.24) is 10.6 Å². The summed E-state index contributed by atoms with van der Waals surface area (Å²) < 4.78 is 0. The van der Waals surface area contributed by atoms with E-state index in [-0.39, 0.29) is 18.1 Å². The number of rotatable bonds is 7. The van der Waals surface area contributed by atoms with E-state index in [1.54, 1.807) is 0 Å². The summed E-state index contributed by atoms with van der Waals surface area (Å²) in [5.41, 5.74) is -0.0601. The molecule has 0 aliphatic carbocycles. The first-order valence-corrected chi connectivity index (χ1v) is 5.75. The second kappa shape index (κ2) is 8.16. The van der Waals surface area contributed by atoms with Gasteiger partial charge >= 0.3 is 6.03 Å². The van der Waals surface area contributed by atoms with Gasteiger partial charge in [-0.15, -0.1) is 0 Å². The molecule has 0 unspecified atom stereocenters. The molecule has 0 aromatic rings. The molecule has 4 heteroatoms. The molecule has 0 radical (unpaired) electrons. The lowest BCUT2D eigenvalue weighted by Gasteiger charge is -2.23. The quantitative estimate of drug-likeness (QED) is 0.458. The van der Waals surface area contributed by atoms with Gasteiger partial charge in [0.2, 0.25) is 0 Å². The third-order valence-corrected chi connectivity index (χ3v) is 2.35. The van der Waals surface area contributed by atoms with Gasteiger partial charge in [-0.25, -0.2) is 4.79 Å². The van der Waals surface area contributed by atoms with Gasteiger partial charge < -0.3 is 15.7 Å². The zero-order valence-corrected chi connectivity index (χ0v) is 10.5. The van der Waals surface area contributed by atoms with Gasteiger partial charge in [0.25, 0.3) is 0 Å². The molecule has 0 heterocycles. The van der Waals surface area contributed by atoms with E-state index in [1.807, 2.05) is 32.9 Å². The molecule has 2 amide bonds. The Bertz CT molecular complexity index is 225. The van der Waals surface area contributed by atoms with E-state index < -0.39 is 0 Å². The van der Waals surface area contributed by atoms with E-state index in [0.29, 0.717) is 19.5 Å². The molecule has 0 atom stereocenters. The van der Waals surface area contributed by atoms with Gasteiger partial charge in [0.1, 0.15) is 0 Å². The van der Waals surface area contributed by atoms with Crippen molar-refractivity contribution in [2.45, 2.75) is 33.6 Å². The first kappa shape index (κ1) is 15.0. The highest BCUT2D eigenvalue weighted by Crippen LogP contribution is 2.17. The van der Waals surface area contributed by atoms with Crippen LogP contribution in [-0.2, 0) is 0 Å². The lowest BCUT2D eigenvalue weighted by molar-refractivity contribution is 0.201. The molecular formula is C12H24N2O2. The summed E-state index contributed by atoms with van der Waals surface area (Å²) >= 11 is 0. The lowest BCUT2D eigenvalue weighted by Crippen LogP contribution is -2.41. The molecule has 0 fully saturated rings. The monoisotopic (exact) mass is 228 g/mol. The summed E-state index contributed by atoms with van der Waals surface area (Å²) in [5.74, 6) is 0. The molecule has 94 valence electrons. The minimum atomic E-state index is -0.143. The molecule has 3 N–H and O–H groups in total. The molecule has 0 aromatic carbocycles.